The van der Waals surface area contributed by atoms with Crippen LogP contribution in [-0.2, 0) is 0 Å². The van der Waals surface area contributed by atoms with Crippen molar-refractivity contribution in [1.29, 1.82) is 0 Å². The van der Waals surface area contributed by atoms with E-state index in [9.17, 15) is 0 Å². The van der Waals surface area contributed by atoms with Crippen molar-refractivity contribution in [3.63, 3.8) is 0 Å². The first-order chi connectivity index (χ1) is 8.25. The van der Waals surface area contributed by atoms with E-state index < -0.39 is 0 Å². The third-order valence-electron chi connectivity index (χ3n) is 3.49. The van der Waals surface area contributed by atoms with E-state index in [1.165, 1.54) is 12.0 Å². The molecule has 3 atom stereocenters. The van der Waals surface area contributed by atoms with Crippen LogP contribution >= 0.6 is 15.9 Å². The van der Waals surface area contributed by atoms with Gasteiger partial charge in [-0.25, -0.2) is 4.68 Å². The highest BCUT2D eigenvalue weighted by Crippen LogP contribution is 2.51. The summed E-state index contributed by atoms with van der Waals surface area (Å²) in [7, 11) is 0. The minimum absolute atomic E-state index is 0.454. The molecule has 1 heterocycles. The highest BCUT2D eigenvalue weighted by molar-refractivity contribution is 9.09. The van der Waals surface area contributed by atoms with Gasteiger partial charge in [-0.15, -0.1) is 0 Å². The first kappa shape index (κ1) is 11.0. The number of aromatic nitrogens is 2. The van der Waals surface area contributed by atoms with E-state index in [0.29, 0.717) is 4.83 Å². The Morgan fingerprint density at radius 2 is 2.06 bits per heavy atom. The van der Waals surface area contributed by atoms with Crippen LogP contribution in [0.4, 0.5) is 0 Å². The Bertz CT molecular complexity index is 506. The van der Waals surface area contributed by atoms with Crippen LogP contribution in [0, 0.1) is 11.8 Å². The molecule has 3 heteroatoms. The van der Waals surface area contributed by atoms with Gasteiger partial charge in [0.2, 0.25) is 0 Å². The number of hydrogen-bond donors (Lipinski definition) is 0. The molecule has 2 aromatic rings. The lowest BCUT2D eigenvalue weighted by molar-refractivity contribution is 0.740. The summed E-state index contributed by atoms with van der Waals surface area (Å²) in [5.41, 5.74) is 2.39. The standard InChI is InChI=1S/C14H15BrN2/c1-10-7-13(10)14(15)11-8-16-17(9-11)12-5-3-2-4-6-12/h2-6,8-10,13-14H,7H2,1H3. The molecule has 1 aromatic heterocycles. The van der Waals surface area contributed by atoms with Crippen LogP contribution in [0.3, 0.4) is 0 Å². The van der Waals surface area contributed by atoms with E-state index >= 15 is 0 Å². The fourth-order valence-corrected chi connectivity index (χ4v) is 3.18. The zero-order chi connectivity index (χ0) is 11.8. The molecule has 0 N–H and O–H groups in total. The van der Waals surface area contributed by atoms with Gasteiger partial charge in [0.1, 0.15) is 0 Å². The quantitative estimate of drug-likeness (QED) is 0.783. The van der Waals surface area contributed by atoms with Crippen molar-refractivity contribution in [3.05, 3.63) is 48.3 Å². The number of alkyl halides is 1. The number of nitrogens with zero attached hydrogens (tertiary/aromatic N) is 2. The van der Waals surface area contributed by atoms with Crippen molar-refractivity contribution < 1.29 is 0 Å². The average molecular weight is 291 g/mol. The van der Waals surface area contributed by atoms with E-state index in [0.717, 1.165) is 17.5 Å². The van der Waals surface area contributed by atoms with Gasteiger partial charge in [-0.05, 0) is 30.4 Å². The normalized spacial score (nSPS) is 24.6. The molecule has 1 aliphatic rings. The lowest BCUT2D eigenvalue weighted by Gasteiger charge is -2.05. The highest BCUT2D eigenvalue weighted by Gasteiger charge is 2.39. The molecular formula is C14H15BrN2. The maximum absolute atomic E-state index is 4.43. The third-order valence-corrected chi connectivity index (χ3v) is 4.70. The van der Waals surface area contributed by atoms with Gasteiger partial charge in [0.15, 0.2) is 0 Å². The predicted octanol–water partition coefficient (Wildman–Crippen LogP) is 3.96. The Kier molecular flexibility index (Phi) is 2.79. The summed E-state index contributed by atoms with van der Waals surface area (Å²) in [5.74, 6) is 1.63. The maximum Gasteiger partial charge on any atom is 0.0645 e. The zero-order valence-electron chi connectivity index (χ0n) is 9.75. The van der Waals surface area contributed by atoms with Crippen LogP contribution in [0.2, 0.25) is 0 Å². The lowest BCUT2D eigenvalue weighted by Crippen LogP contribution is -1.94. The van der Waals surface area contributed by atoms with Gasteiger partial charge in [-0.1, -0.05) is 41.1 Å². The van der Waals surface area contributed by atoms with Gasteiger partial charge in [0, 0.05) is 16.6 Å². The topological polar surface area (TPSA) is 17.8 Å². The molecule has 88 valence electrons. The molecule has 0 aliphatic heterocycles. The summed E-state index contributed by atoms with van der Waals surface area (Å²) >= 11 is 3.79. The summed E-state index contributed by atoms with van der Waals surface area (Å²) < 4.78 is 1.94. The zero-order valence-corrected chi connectivity index (χ0v) is 11.3. The number of rotatable bonds is 3. The van der Waals surface area contributed by atoms with Crippen molar-refractivity contribution in [1.82, 2.24) is 9.78 Å². The molecule has 0 amide bonds. The molecule has 0 radical (unpaired) electrons. The Morgan fingerprint density at radius 3 is 2.71 bits per heavy atom. The Balaban J connectivity index is 1.83. The van der Waals surface area contributed by atoms with Gasteiger partial charge in [0.05, 0.1) is 11.9 Å². The highest BCUT2D eigenvalue weighted by atomic mass is 79.9. The lowest BCUT2D eigenvalue weighted by atomic mass is 10.1. The van der Waals surface area contributed by atoms with Gasteiger partial charge in [0.25, 0.3) is 0 Å². The maximum atomic E-state index is 4.43. The number of hydrogen-bond acceptors (Lipinski definition) is 1. The van der Waals surface area contributed by atoms with Crippen LogP contribution < -0.4 is 0 Å². The molecule has 17 heavy (non-hydrogen) atoms. The van der Waals surface area contributed by atoms with Crippen LogP contribution in [0.1, 0.15) is 23.7 Å². The first-order valence-corrected chi connectivity index (χ1v) is 6.91. The summed E-state index contributed by atoms with van der Waals surface area (Å²) in [6.45, 7) is 2.31. The summed E-state index contributed by atoms with van der Waals surface area (Å²) in [5, 5.41) is 4.43. The molecular weight excluding hydrogens is 276 g/mol. The summed E-state index contributed by atoms with van der Waals surface area (Å²) in [6, 6.07) is 10.2. The molecule has 2 nitrogen and oxygen atoms in total. The Hall–Kier alpha value is -1.09. The van der Waals surface area contributed by atoms with Crippen molar-refractivity contribution in [2.75, 3.05) is 0 Å². The minimum Gasteiger partial charge on any atom is -0.241 e. The fourth-order valence-electron chi connectivity index (χ4n) is 2.21. The smallest absolute Gasteiger partial charge is 0.0645 e. The molecule has 1 aromatic carbocycles. The van der Waals surface area contributed by atoms with Crippen molar-refractivity contribution in [2.45, 2.75) is 18.2 Å². The number of benzene rings is 1. The second-order valence-corrected chi connectivity index (χ2v) is 5.82. The second kappa shape index (κ2) is 4.30. The molecule has 1 fully saturated rings. The van der Waals surface area contributed by atoms with E-state index in [2.05, 4.69) is 46.3 Å². The van der Waals surface area contributed by atoms with Crippen LogP contribution in [-0.4, -0.2) is 9.78 Å². The number of halogens is 1. The van der Waals surface area contributed by atoms with E-state index in [1.54, 1.807) is 0 Å². The van der Waals surface area contributed by atoms with Gasteiger partial charge in [-0.3, -0.25) is 0 Å². The fraction of sp³-hybridized carbons (Fsp3) is 0.357. The average Bonchev–Trinajstić information content (AvgIpc) is 2.92. The minimum atomic E-state index is 0.454. The third kappa shape index (κ3) is 2.16. The molecule has 0 bridgehead atoms. The molecule has 0 spiro atoms. The second-order valence-electron chi connectivity index (χ2n) is 4.83. The van der Waals surface area contributed by atoms with Gasteiger partial charge < -0.3 is 0 Å². The van der Waals surface area contributed by atoms with Crippen LogP contribution in [0.15, 0.2) is 42.7 Å². The Labute approximate surface area is 110 Å². The molecule has 3 rings (SSSR count). The van der Waals surface area contributed by atoms with Crippen LogP contribution in [0.5, 0.6) is 0 Å². The summed E-state index contributed by atoms with van der Waals surface area (Å²) in [6.07, 6.45) is 5.42. The van der Waals surface area contributed by atoms with E-state index in [4.69, 9.17) is 0 Å². The van der Waals surface area contributed by atoms with Crippen LogP contribution in [0.25, 0.3) is 5.69 Å². The van der Waals surface area contributed by atoms with E-state index in [1.807, 2.05) is 29.1 Å². The Morgan fingerprint density at radius 1 is 1.35 bits per heavy atom. The molecule has 1 saturated carbocycles. The largest absolute Gasteiger partial charge is 0.241 e. The predicted molar refractivity (Wildman–Crippen MR) is 72.5 cm³/mol. The van der Waals surface area contributed by atoms with Crippen molar-refractivity contribution in [2.24, 2.45) is 11.8 Å². The van der Waals surface area contributed by atoms with Gasteiger partial charge in [-0.2, -0.15) is 5.10 Å². The van der Waals surface area contributed by atoms with Crippen molar-refractivity contribution >= 4 is 15.9 Å². The van der Waals surface area contributed by atoms with Crippen molar-refractivity contribution in [3.8, 4) is 5.69 Å². The van der Waals surface area contributed by atoms with Gasteiger partial charge >= 0.3 is 0 Å². The van der Waals surface area contributed by atoms with E-state index in [-0.39, 0.29) is 0 Å². The monoisotopic (exact) mass is 290 g/mol. The molecule has 0 saturated heterocycles. The summed E-state index contributed by atoms with van der Waals surface area (Å²) in [4.78, 5) is 0.454. The molecule has 1 aliphatic carbocycles. The molecule has 3 unspecified atom stereocenters. The SMILES string of the molecule is CC1CC1C(Br)c1cnn(-c2ccccc2)c1. The number of para-hydroxylation sites is 1. The first-order valence-electron chi connectivity index (χ1n) is 6.00.